The van der Waals surface area contributed by atoms with Gasteiger partial charge < -0.3 is 9.47 Å². The molecule has 1 aliphatic carbocycles. The minimum Gasteiger partial charge on any atom is -0.315 e. The van der Waals surface area contributed by atoms with Crippen LogP contribution in [-0.2, 0) is 0 Å². The molecule has 0 N–H and O–H groups in total. The Hall–Kier alpha value is -3.78. The van der Waals surface area contributed by atoms with Gasteiger partial charge in [-0.2, -0.15) is 0 Å². The molecule has 1 aromatic heterocycles. The molecule has 4 aromatic rings. The molecule has 0 fully saturated rings. The van der Waals surface area contributed by atoms with Gasteiger partial charge in [0.05, 0.1) is 11.0 Å². The molecule has 3 aromatic carbocycles. The summed E-state index contributed by atoms with van der Waals surface area (Å²) in [6.07, 6.45) is 11.9. The Morgan fingerprint density at radius 1 is 0.943 bits per heavy atom. The summed E-state index contributed by atoms with van der Waals surface area (Å²) >= 11 is 0. The predicted molar refractivity (Wildman–Crippen MR) is 154 cm³/mol. The lowest BCUT2D eigenvalue weighted by Crippen LogP contribution is -2.22. The van der Waals surface area contributed by atoms with Crippen molar-refractivity contribution in [2.45, 2.75) is 47.0 Å². The smallest absolute Gasteiger partial charge is 0.0542 e. The highest BCUT2D eigenvalue weighted by molar-refractivity contribution is 6.10. The van der Waals surface area contributed by atoms with E-state index < -0.39 is 0 Å². The van der Waals surface area contributed by atoms with E-state index in [0.29, 0.717) is 0 Å². The molecule has 178 valence electrons. The minimum absolute atomic E-state index is 1.000. The summed E-state index contributed by atoms with van der Waals surface area (Å²) in [5, 5.41) is 2.53. The maximum atomic E-state index is 4.44. The quantitative estimate of drug-likeness (QED) is 0.260. The van der Waals surface area contributed by atoms with Crippen LogP contribution in [0.4, 0.5) is 5.69 Å². The molecule has 0 atom stereocenters. The molecule has 0 aliphatic heterocycles. The predicted octanol–water partition coefficient (Wildman–Crippen LogP) is 9.72. The van der Waals surface area contributed by atoms with Gasteiger partial charge in [0.2, 0.25) is 0 Å². The SMILES string of the molecule is C=C(/C=C\C)N(C1=C(CC)C=CCC1)c1ccc2c(c1)c1ccccc1n2-c1ccccc1.CC. The summed E-state index contributed by atoms with van der Waals surface area (Å²) in [7, 11) is 0. The lowest BCUT2D eigenvalue weighted by Gasteiger charge is -2.31. The molecule has 0 saturated heterocycles. The summed E-state index contributed by atoms with van der Waals surface area (Å²) in [4.78, 5) is 2.36. The van der Waals surface area contributed by atoms with Gasteiger partial charge in [-0.25, -0.2) is 0 Å². The van der Waals surface area contributed by atoms with Crippen LogP contribution in [0.5, 0.6) is 0 Å². The Labute approximate surface area is 210 Å². The number of hydrogen-bond acceptors (Lipinski definition) is 1. The van der Waals surface area contributed by atoms with E-state index in [-0.39, 0.29) is 0 Å². The lowest BCUT2D eigenvalue weighted by molar-refractivity contribution is 0.863. The third-order valence-corrected chi connectivity index (χ3v) is 6.46. The van der Waals surface area contributed by atoms with Crippen LogP contribution in [0.25, 0.3) is 27.5 Å². The third kappa shape index (κ3) is 4.61. The number of hydrogen-bond donors (Lipinski definition) is 0. The Balaban J connectivity index is 0.00000141. The molecule has 5 rings (SSSR count). The van der Waals surface area contributed by atoms with Crippen LogP contribution in [0, 0.1) is 0 Å². The molecule has 2 nitrogen and oxygen atoms in total. The van der Waals surface area contributed by atoms with Crippen molar-refractivity contribution in [2.24, 2.45) is 0 Å². The van der Waals surface area contributed by atoms with Gasteiger partial charge in [-0.3, -0.25) is 0 Å². The van der Waals surface area contributed by atoms with Gasteiger partial charge in [0.15, 0.2) is 0 Å². The van der Waals surface area contributed by atoms with Crippen molar-refractivity contribution in [3.63, 3.8) is 0 Å². The number of aromatic nitrogens is 1. The zero-order valence-electron chi connectivity index (χ0n) is 21.5. The molecule has 0 amide bonds. The lowest BCUT2D eigenvalue weighted by atomic mass is 9.98. The van der Waals surface area contributed by atoms with Crippen LogP contribution in [0.3, 0.4) is 0 Å². The van der Waals surface area contributed by atoms with Crippen LogP contribution >= 0.6 is 0 Å². The molecule has 0 saturated carbocycles. The molecule has 0 unspecified atom stereocenters. The van der Waals surface area contributed by atoms with E-state index in [1.165, 1.54) is 38.8 Å². The van der Waals surface area contributed by atoms with E-state index >= 15 is 0 Å². The number of para-hydroxylation sites is 2. The molecule has 0 radical (unpaired) electrons. The first-order chi connectivity index (χ1) is 17.2. The van der Waals surface area contributed by atoms with Crippen molar-refractivity contribution < 1.29 is 0 Å². The van der Waals surface area contributed by atoms with Gasteiger partial charge in [-0.05, 0) is 74.2 Å². The summed E-state index contributed by atoms with van der Waals surface area (Å²) in [5.41, 5.74) is 8.53. The van der Waals surface area contributed by atoms with Crippen molar-refractivity contribution in [3.05, 3.63) is 121 Å². The molecular weight excluding hydrogens is 424 g/mol. The number of allylic oxidation sites excluding steroid dienone is 6. The fourth-order valence-corrected chi connectivity index (χ4v) is 5.00. The van der Waals surface area contributed by atoms with Crippen molar-refractivity contribution in [2.75, 3.05) is 4.90 Å². The second-order valence-corrected chi connectivity index (χ2v) is 8.48. The first-order valence-corrected chi connectivity index (χ1v) is 12.8. The van der Waals surface area contributed by atoms with E-state index in [0.717, 1.165) is 30.6 Å². The molecule has 35 heavy (non-hydrogen) atoms. The van der Waals surface area contributed by atoms with Crippen molar-refractivity contribution in [1.29, 1.82) is 0 Å². The highest BCUT2D eigenvalue weighted by Gasteiger charge is 2.20. The Bertz CT molecular complexity index is 1410. The molecule has 1 heterocycles. The van der Waals surface area contributed by atoms with Gasteiger partial charge in [0, 0.05) is 33.5 Å². The zero-order chi connectivity index (χ0) is 24.8. The molecule has 0 spiro atoms. The Morgan fingerprint density at radius 2 is 1.66 bits per heavy atom. The Kier molecular flexibility index (Phi) is 7.72. The monoisotopic (exact) mass is 460 g/mol. The van der Waals surface area contributed by atoms with E-state index in [1.807, 2.05) is 13.8 Å². The van der Waals surface area contributed by atoms with Crippen molar-refractivity contribution in [1.82, 2.24) is 4.57 Å². The summed E-state index contributed by atoms with van der Waals surface area (Å²) in [6.45, 7) is 12.7. The van der Waals surface area contributed by atoms with Gasteiger partial charge in [0.1, 0.15) is 0 Å². The molecular formula is C33H36N2. The second-order valence-electron chi connectivity index (χ2n) is 8.48. The number of fused-ring (bicyclic) bond motifs is 3. The number of rotatable bonds is 6. The molecule has 1 aliphatic rings. The van der Waals surface area contributed by atoms with E-state index in [4.69, 9.17) is 0 Å². The largest absolute Gasteiger partial charge is 0.315 e. The van der Waals surface area contributed by atoms with Gasteiger partial charge in [-0.1, -0.05) is 82.0 Å². The maximum absolute atomic E-state index is 4.44. The van der Waals surface area contributed by atoms with Crippen LogP contribution in [-0.4, -0.2) is 4.57 Å². The van der Waals surface area contributed by atoms with Gasteiger partial charge >= 0.3 is 0 Å². The van der Waals surface area contributed by atoms with Crippen molar-refractivity contribution in [3.8, 4) is 5.69 Å². The molecule has 0 bridgehead atoms. The van der Waals surface area contributed by atoms with Crippen LogP contribution < -0.4 is 4.90 Å². The van der Waals surface area contributed by atoms with E-state index in [9.17, 15) is 0 Å². The maximum Gasteiger partial charge on any atom is 0.0542 e. The average Bonchev–Trinajstić information content (AvgIpc) is 3.25. The van der Waals surface area contributed by atoms with Crippen molar-refractivity contribution >= 4 is 27.5 Å². The fraction of sp³-hybridized carbons (Fsp3) is 0.212. The normalized spacial score (nSPS) is 13.4. The third-order valence-electron chi connectivity index (χ3n) is 6.46. The van der Waals surface area contributed by atoms with Crippen LogP contribution in [0.1, 0.15) is 47.0 Å². The second kappa shape index (κ2) is 11.1. The van der Waals surface area contributed by atoms with Gasteiger partial charge in [0.25, 0.3) is 0 Å². The highest BCUT2D eigenvalue weighted by Crippen LogP contribution is 2.38. The van der Waals surface area contributed by atoms with E-state index in [1.54, 1.807) is 0 Å². The summed E-state index contributed by atoms with van der Waals surface area (Å²) in [5.74, 6) is 0. The van der Waals surface area contributed by atoms with E-state index in [2.05, 4.69) is 127 Å². The minimum atomic E-state index is 1.000. The molecule has 2 heteroatoms. The number of benzene rings is 3. The summed E-state index contributed by atoms with van der Waals surface area (Å²) < 4.78 is 2.36. The van der Waals surface area contributed by atoms with Gasteiger partial charge in [-0.15, -0.1) is 0 Å². The first kappa shape index (κ1) is 24.3. The average molecular weight is 461 g/mol. The standard InChI is InChI=1S/C31H30N2.C2H6/c1-4-13-23(3)32(29-18-11-9-14-24(29)5-2)26-20-21-31-28(22-26)27-17-10-12-19-30(27)33(31)25-15-7-6-8-16-25;1-2/h4,6-10,12-17,19-22H,3,5,11,18H2,1-2H3;1-2H3/b13-4-;. The Morgan fingerprint density at radius 3 is 2.40 bits per heavy atom. The van der Waals surface area contributed by atoms with Crippen LogP contribution in [0.2, 0.25) is 0 Å². The van der Waals surface area contributed by atoms with Crippen LogP contribution in [0.15, 0.2) is 121 Å². The topological polar surface area (TPSA) is 8.17 Å². The highest BCUT2D eigenvalue weighted by atomic mass is 15.2. The zero-order valence-corrected chi connectivity index (χ0v) is 21.5. The first-order valence-electron chi connectivity index (χ1n) is 12.8. The number of nitrogens with zero attached hydrogens (tertiary/aromatic N) is 2. The summed E-state index contributed by atoms with van der Waals surface area (Å²) in [6, 6.07) is 26.1. The fourth-order valence-electron chi connectivity index (χ4n) is 5.00. The number of anilines is 1.